The number of carbonyl (C=O) groups is 3. The molecule has 3 rings (SSSR count). The van der Waals surface area contributed by atoms with Gasteiger partial charge in [-0.25, -0.2) is 0 Å². The minimum atomic E-state index is -5.01. The van der Waals surface area contributed by atoms with E-state index in [9.17, 15) is 27.6 Å². The van der Waals surface area contributed by atoms with Crippen LogP contribution < -0.4 is 10.6 Å². The summed E-state index contributed by atoms with van der Waals surface area (Å²) in [6.45, 7) is 3.71. The van der Waals surface area contributed by atoms with Crippen molar-refractivity contribution in [3.05, 3.63) is 23.8 Å². The average molecular weight is 383 g/mol. The van der Waals surface area contributed by atoms with Gasteiger partial charge in [0.1, 0.15) is 6.04 Å². The highest BCUT2D eigenvalue weighted by Crippen LogP contribution is 2.38. The van der Waals surface area contributed by atoms with Gasteiger partial charge >= 0.3 is 12.1 Å². The molecule has 6 nitrogen and oxygen atoms in total. The lowest BCUT2D eigenvalue weighted by Gasteiger charge is -2.24. The van der Waals surface area contributed by atoms with Crippen LogP contribution in [0.4, 0.5) is 24.5 Å². The van der Waals surface area contributed by atoms with Gasteiger partial charge in [0, 0.05) is 17.9 Å². The van der Waals surface area contributed by atoms with Gasteiger partial charge in [-0.05, 0) is 42.5 Å². The Hall–Kier alpha value is -2.58. The van der Waals surface area contributed by atoms with Crippen LogP contribution in [0.2, 0.25) is 0 Å². The Balaban J connectivity index is 1.77. The molecule has 27 heavy (non-hydrogen) atoms. The smallest absolute Gasteiger partial charge is 0.325 e. The number of hydrogen-bond donors (Lipinski definition) is 2. The zero-order chi connectivity index (χ0) is 19.9. The maximum absolute atomic E-state index is 12.7. The molecule has 0 saturated carbocycles. The van der Waals surface area contributed by atoms with Crippen molar-refractivity contribution in [1.82, 2.24) is 4.90 Å². The van der Waals surface area contributed by atoms with E-state index in [-0.39, 0.29) is 30.7 Å². The Morgan fingerprint density at radius 1 is 1.30 bits per heavy atom. The summed E-state index contributed by atoms with van der Waals surface area (Å²) >= 11 is 0. The highest BCUT2D eigenvalue weighted by Gasteiger charge is 2.47. The first-order valence-corrected chi connectivity index (χ1v) is 8.73. The molecular formula is C18H20F3N3O3. The number of anilines is 2. The number of nitrogens with one attached hydrogen (secondary N) is 2. The first kappa shape index (κ1) is 19.2. The van der Waals surface area contributed by atoms with Crippen molar-refractivity contribution >= 4 is 29.1 Å². The lowest BCUT2D eigenvalue weighted by atomic mass is 9.89. The van der Waals surface area contributed by atoms with Crippen molar-refractivity contribution in [2.75, 3.05) is 17.2 Å². The van der Waals surface area contributed by atoms with Crippen LogP contribution >= 0.6 is 0 Å². The second-order valence-corrected chi connectivity index (χ2v) is 7.16. The molecule has 2 unspecified atom stereocenters. The standard InChI is InChI=1S/C18H20F3N3O3/c1-9(2)14-11-8-10(5-6-12(11)23-16(14)26)22-15(25)13-4-3-7-24(13)17(27)18(19,20)21/h5-6,8-9,13-14H,3-4,7H2,1-2H3,(H,22,25)(H,23,26). The third kappa shape index (κ3) is 3.63. The maximum Gasteiger partial charge on any atom is 0.471 e. The lowest BCUT2D eigenvalue weighted by molar-refractivity contribution is -0.186. The number of likely N-dealkylation sites (tertiary alicyclic amines) is 1. The fourth-order valence-corrected chi connectivity index (χ4v) is 3.70. The molecule has 0 spiro atoms. The van der Waals surface area contributed by atoms with Gasteiger partial charge < -0.3 is 15.5 Å². The molecule has 146 valence electrons. The molecule has 0 aliphatic carbocycles. The van der Waals surface area contributed by atoms with Gasteiger partial charge in [-0.3, -0.25) is 14.4 Å². The summed E-state index contributed by atoms with van der Waals surface area (Å²) in [7, 11) is 0. The van der Waals surface area contributed by atoms with E-state index < -0.39 is 24.0 Å². The van der Waals surface area contributed by atoms with Crippen molar-refractivity contribution in [2.24, 2.45) is 5.92 Å². The normalized spacial score (nSPS) is 22.0. The van der Waals surface area contributed by atoms with E-state index in [0.717, 1.165) is 5.56 Å². The molecule has 2 heterocycles. The van der Waals surface area contributed by atoms with Gasteiger partial charge in [0.05, 0.1) is 5.92 Å². The molecule has 2 N–H and O–H groups in total. The highest BCUT2D eigenvalue weighted by molar-refractivity contribution is 6.04. The summed E-state index contributed by atoms with van der Waals surface area (Å²) in [5.41, 5.74) is 1.78. The predicted molar refractivity (Wildman–Crippen MR) is 92.1 cm³/mol. The van der Waals surface area contributed by atoms with E-state index in [4.69, 9.17) is 0 Å². The number of amides is 3. The number of benzene rings is 1. The molecule has 9 heteroatoms. The van der Waals surface area contributed by atoms with E-state index >= 15 is 0 Å². The molecule has 0 radical (unpaired) electrons. The number of hydrogen-bond acceptors (Lipinski definition) is 3. The molecule has 1 saturated heterocycles. The Bertz CT molecular complexity index is 792. The first-order chi connectivity index (χ1) is 12.6. The SMILES string of the molecule is CC(C)C1C(=O)Nc2ccc(NC(=O)C3CCCN3C(=O)C(F)(F)F)cc21. The first-order valence-electron chi connectivity index (χ1n) is 8.73. The molecule has 3 amide bonds. The number of rotatable bonds is 3. The minimum Gasteiger partial charge on any atom is -0.325 e. The van der Waals surface area contributed by atoms with Crippen molar-refractivity contribution in [2.45, 2.75) is 44.8 Å². The topological polar surface area (TPSA) is 78.5 Å². The summed E-state index contributed by atoms with van der Waals surface area (Å²) in [5.74, 6) is -3.09. The van der Waals surface area contributed by atoms with Gasteiger partial charge in [-0.15, -0.1) is 0 Å². The Morgan fingerprint density at radius 3 is 2.63 bits per heavy atom. The highest BCUT2D eigenvalue weighted by atomic mass is 19.4. The van der Waals surface area contributed by atoms with E-state index in [0.29, 0.717) is 22.7 Å². The second kappa shape index (κ2) is 6.86. The summed E-state index contributed by atoms with van der Waals surface area (Å²) < 4.78 is 38.1. The summed E-state index contributed by atoms with van der Waals surface area (Å²) in [4.78, 5) is 36.7. The largest absolute Gasteiger partial charge is 0.471 e. The molecular weight excluding hydrogens is 363 g/mol. The average Bonchev–Trinajstić information content (AvgIpc) is 3.16. The van der Waals surface area contributed by atoms with Crippen LogP contribution in [-0.2, 0) is 14.4 Å². The van der Waals surface area contributed by atoms with Gasteiger partial charge in [-0.1, -0.05) is 13.8 Å². The van der Waals surface area contributed by atoms with E-state index in [1.54, 1.807) is 18.2 Å². The predicted octanol–water partition coefficient (Wildman–Crippen LogP) is 2.87. The van der Waals surface area contributed by atoms with Crippen molar-refractivity contribution in [1.29, 1.82) is 0 Å². The Labute approximate surface area is 154 Å². The summed E-state index contributed by atoms with van der Waals surface area (Å²) in [6, 6.07) is 3.72. The maximum atomic E-state index is 12.7. The summed E-state index contributed by atoms with van der Waals surface area (Å²) in [6.07, 6.45) is -4.50. The molecule has 2 aliphatic heterocycles. The van der Waals surface area contributed by atoms with Crippen LogP contribution in [0, 0.1) is 5.92 Å². The van der Waals surface area contributed by atoms with Crippen LogP contribution in [0.5, 0.6) is 0 Å². The lowest BCUT2D eigenvalue weighted by Crippen LogP contribution is -2.48. The molecule has 2 atom stereocenters. The minimum absolute atomic E-state index is 0.0481. The number of alkyl halides is 3. The molecule has 0 bridgehead atoms. The van der Waals surface area contributed by atoms with Gasteiger partial charge in [0.15, 0.2) is 0 Å². The van der Waals surface area contributed by atoms with Crippen LogP contribution in [0.15, 0.2) is 18.2 Å². The van der Waals surface area contributed by atoms with Crippen molar-refractivity contribution in [3.8, 4) is 0 Å². The van der Waals surface area contributed by atoms with Crippen molar-refractivity contribution in [3.63, 3.8) is 0 Å². The number of carbonyl (C=O) groups excluding carboxylic acids is 3. The molecule has 0 aromatic heterocycles. The third-order valence-corrected chi connectivity index (χ3v) is 4.92. The van der Waals surface area contributed by atoms with E-state index in [2.05, 4.69) is 10.6 Å². The molecule has 1 aromatic rings. The fourth-order valence-electron chi connectivity index (χ4n) is 3.70. The van der Waals surface area contributed by atoms with Crippen LogP contribution in [-0.4, -0.2) is 41.4 Å². The fraction of sp³-hybridized carbons (Fsp3) is 0.500. The van der Waals surface area contributed by atoms with Crippen LogP contribution in [0.1, 0.15) is 38.2 Å². The summed E-state index contributed by atoms with van der Waals surface area (Å²) in [5, 5.41) is 5.36. The third-order valence-electron chi connectivity index (χ3n) is 4.92. The quantitative estimate of drug-likeness (QED) is 0.843. The Morgan fingerprint density at radius 2 is 2.00 bits per heavy atom. The van der Waals surface area contributed by atoms with Gasteiger partial charge in [0.2, 0.25) is 11.8 Å². The van der Waals surface area contributed by atoms with E-state index in [1.807, 2.05) is 13.8 Å². The monoisotopic (exact) mass is 383 g/mol. The van der Waals surface area contributed by atoms with Crippen LogP contribution in [0.25, 0.3) is 0 Å². The van der Waals surface area contributed by atoms with Crippen molar-refractivity contribution < 1.29 is 27.6 Å². The zero-order valence-electron chi connectivity index (χ0n) is 14.9. The number of nitrogens with zero attached hydrogens (tertiary/aromatic N) is 1. The second-order valence-electron chi connectivity index (χ2n) is 7.16. The van der Waals surface area contributed by atoms with E-state index in [1.165, 1.54) is 0 Å². The number of fused-ring (bicyclic) bond motifs is 1. The molecule has 2 aliphatic rings. The number of halogens is 3. The molecule has 1 fully saturated rings. The van der Waals surface area contributed by atoms with Gasteiger partial charge in [-0.2, -0.15) is 13.2 Å². The van der Waals surface area contributed by atoms with Crippen LogP contribution in [0.3, 0.4) is 0 Å². The Kier molecular flexibility index (Phi) is 4.88. The zero-order valence-corrected chi connectivity index (χ0v) is 14.9. The molecule has 1 aromatic carbocycles. The van der Waals surface area contributed by atoms with Gasteiger partial charge in [0.25, 0.3) is 0 Å².